The highest BCUT2D eigenvalue weighted by molar-refractivity contribution is 7.75. The van der Waals surface area contributed by atoms with Crippen molar-refractivity contribution in [2.45, 2.75) is 167 Å². The van der Waals surface area contributed by atoms with Crippen LogP contribution in [0, 0.1) is 0 Å². The Morgan fingerprint density at radius 3 is 0.975 bits per heavy atom. The lowest BCUT2D eigenvalue weighted by Gasteiger charge is -2.35. The maximum Gasteiger partial charge on any atom is 0.460 e. The fraction of sp³-hybridized carbons (Fsp3) is 1.00. The van der Waals surface area contributed by atoms with E-state index in [9.17, 15) is 39.5 Å². The standard InChI is InChI=1S/C30H55F9P/c1-4-7-10-13-16-19-23-40(24-20-17-14-11-8-5-2,25-21-18-15-12-9-6-3)26-22-27(31,32)28(33,34)29(35,36)30(37,38)39/h4-26H2,1-3H3/q+1. The average molecular weight is 618 g/mol. The Balaban J connectivity index is 5.75. The summed E-state index contributed by atoms with van der Waals surface area (Å²) in [4.78, 5) is 0. The maximum absolute atomic E-state index is 14.6. The van der Waals surface area contributed by atoms with Gasteiger partial charge in [-0.1, -0.05) is 97.8 Å². The lowest BCUT2D eigenvalue weighted by Crippen LogP contribution is -2.61. The lowest BCUT2D eigenvalue weighted by atomic mass is 10.0. The van der Waals surface area contributed by atoms with E-state index in [1.165, 1.54) is 0 Å². The minimum absolute atomic E-state index is 0.373. The highest BCUT2D eigenvalue weighted by Crippen LogP contribution is 2.63. The average Bonchev–Trinajstić information content (AvgIpc) is 2.88. The van der Waals surface area contributed by atoms with Crippen molar-refractivity contribution in [1.82, 2.24) is 0 Å². The van der Waals surface area contributed by atoms with Gasteiger partial charge in [0.1, 0.15) is 0 Å². The molecular formula is C30H55F9P+. The van der Waals surface area contributed by atoms with Crippen LogP contribution >= 0.6 is 7.26 Å². The molecule has 0 heterocycles. The Morgan fingerprint density at radius 1 is 0.375 bits per heavy atom. The summed E-state index contributed by atoms with van der Waals surface area (Å²) in [5.74, 6) is -18.8. The third kappa shape index (κ3) is 13.8. The molecule has 0 aromatic carbocycles. The van der Waals surface area contributed by atoms with E-state index in [-0.39, 0.29) is 6.16 Å². The molecule has 0 fully saturated rings. The summed E-state index contributed by atoms with van der Waals surface area (Å²) in [5.41, 5.74) is 0. The molecule has 0 nitrogen and oxygen atoms in total. The number of halogens is 9. The molecule has 0 saturated carbocycles. The molecule has 0 aromatic heterocycles. The van der Waals surface area contributed by atoms with E-state index in [2.05, 4.69) is 20.8 Å². The highest BCUT2D eigenvalue weighted by atomic mass is 31.2. The van der Waals surface area contributed by atoms with Gasteiger partial charge in [0.15, 0.2) is 0 Å². The van der Waals surface area contributed by atoms with E-state index in [0.717, 1.165) is 116 Å². The Hall–Kier alpha value is -0.200. The SMILES string of the molecule is CCCCCCCC[P+](CCCCCCCC)(CCCCCCCC)CCC(F)(F)C(F)(F)C(F)(F)C(F)(F)F. The van der Waals surface area contributed by atoms with Crippen molar-refractivity contribution >= 4 is 7.26 Å². The van der Waals surface area contributed by atoms with E-state index < -0.39 is 37.6 Å². The second-order valence-electron chi connectivity index (χ2n) is 11.6. The van der Waals surface area contributed by atoms with Crippen LogP contribution in [0.3, 0.4) is 0 Å². The van der Waals surface area contributed by atoms with Crippen LogP contribution in [0.5, 0.6) is 0 Å². The molecule has 0 N–H and O–H groups in total. The van der Waals surface area contributed by atoms with Crippen LogP contribution in [0.25, 0.3) is 0 Å². The number of rotatable bonds is 26. The quantitative estimate of drug-likeness (QED) is 0.0515. The van der Waals surface area contributed by atoms with Gasteiger partial charge in [0, 0.05) is 7.26 Å². The molecule has 10 heteroatoms. The first kappa shape index (κ1) is 39.8. The monoisotopic (exact) mass is 617 g/mol. The molecule has 0 spiro atoms. The van der Waals surface area contributed by atoms with Gasteiger partial charge in [-0.25, -0.2) is 0 Å². The van der Waals surface area contributed by atoms with Gasteiger partial charge in [0.2, 0.25) is 0 Å². The third-order valence-corrected chi connectivity index (χ3v) is 13.0. The van der Waals surface area contributed by atoms with Gasteiger partial charge in [0.25, 0.3) is 0 Å². The van der Waals surface area contributed by atoms with Gasteiger partial charge in [-0.15, -0.1) is 0 Å². The summed E-state index contributed by atoms with van der Waals surface area (Å²) in [5, 5.41) is 0. The molecule has 0 atom stereocenters. The molecule has 0 rings (SSSR count). The van der Waals surface area contributed by atoms with E-state index in [1.807, 2.05) is 0 Å². The molecule has 242 valence electrons. The molecule has 0 unspecified atom stereocenters. The maximum atomic E-state index is 14.6. The zero-order chi connectivity index (χ0) is 30.8. The smallest absolute Gasteiger partial charge is 0.199 e. The van der Waals surface area contributed by atoms with Crippen molar-refractivity contribution in [1.29, 1.82) is 0 Å². The second kappa shape index (κ2) is 19.9. The van der Waals surface area contributed by atoms with Crippen molar-refractivity contribution in [3.8, 4) is 0 Å². The van der Waals surface area contributed by atoms with Gasteiger partial charge in [-0.05, 0) is 38.5 Å². The molecule has 0 saturated heterocycles. The van der Waals surface area contributed by atoms with Crippen molar-refractivity contribution in [3.63, 3.8) is 0 Å². The molecule has 0 aliphatic rings. The van der Waals surface area contributed by atoms with Crippen molar-refractivity contribution in [2.24, 2.45) is 0 Å². The normalized spacial score (nSPS) is 13.8. The minimum atomic E-state index is -6.80. The molecular weight excluding hydrogens is 562 g/mol. The molecule has 40 heavy (non-hydrogen) atoms. The summed E-state index contributed by atoms with van der Waals surface area (Å²) >= 11 is 0. The van der Waals surface area contributed by atoms with Crippen molar-refractivity contribution in [2.75, 3.05) is 24.6 Å². The first-order valence-corrected chi connectivity index (χ1v) is 18.2. The molecule has 0 aliphatic carbocycles. The lowest BCUT2D eigenvalue weighted by molar-refractivity contribution is -0.396. The van der Waals surface area contributed by atoms with Crippen LogP contribution in [-0.2, 0) is 0 Å². The van der Waals surface area contributed by atoms with Crippen LogP contribution in [0.2, 0.25) is 0 Å². The van der Waals surface area contributed by atoms with E-state index in [4.69, 9.17) is 0 Å². The van der Waals surface area contributed by atoms with E-state index >= 15 is 0 Å². The van der Waals surface area contributed by atoms with Crippen LogP contribution < -0.4 is 0 Å². The van der Waals surface area contributed by atoms with Crippen molar-refractivity contribution in [3.05, 3.63) is 0 Å². The van der Waals surface area contributed by atoms with E-state index in [0.29, 0.717) is 18.5 Å². The van der Waals surface area contributed by atoms with Crippen molar-refractivity contribution < 1.29 is 39.5 Å². The molecule has 0 radical (unpaired) electrons. The Labute approximate surface area is 238 Å². The van der Waals surface area contributed by atoms with E-state index in [1.54, 1.807) is 0 Å². The van der Waals surface area contributed by atoms with Gasteiger partial charge in [-0.3, -0.25) is 0 Å². The largest absolute Gasteiger partial charge is 0.460 e. The Bertz CT molecular complexity index is 580. The van der Waals surface area contributed by atoms with Crippen LogP contribution in [0.15, 0.2) is 0 Å². The zero-order valence-corrected chi connectivity index (χ0v) is 26.0. The fourth-order valence-corrected chi connectivity index (χ4v) is 10.1. The van der Waals surface area contributed by atoms with Crippen LogP contribution in [0.1, 0.15) is 143 Å². The summed E-state index contributed by atoms with van der Waals surface area (Å²) in [6.45, 7) is 6.28. The Kier molecular flexibility index (Phi) is 19.8. The molecule has 0 aromatic rings. The van der Waals surface area contributed by atoms with Crippen LogP contribution in [0.4, 0.5) is 39.5 Å². The summed E-state index contributed by atoms with van der Waals surface area (Å²) in [6, 6.07) is 0. The zero-order valence-electron chi connectivity index (χ0n) is 25.1. The topological polar surface area (TPSA) is 0 Å². The number of unbranched alkanes of at least 4 members (excludes halogenated alkanes) is 15. The number of alkyl halides is 9. The summed E-state index contributed by atoms with van der Waals surface area (Å²) in [7, 11) is -2.26. The second-order valence-corrected chi connectivity index (χ2v) is 16.1. The minimum Gasteiger partial charge on any atom is -0.199 e. The summed E-state index contributed by atoms with van der Waals surface area (Å²) in [6.07, 6.45) is 10.5. The molecule has 0 amide bonds. The van der Waals surface area contributed by atoms with Crippen LogP contribution in [-0.4, -0.2) is 48.6 Å². The third-order valence-electron chi connectivity index (χ3n) is 8.07. The fourth-order valence-electron chi connectivity index (χ4n) is 5.30. The first-order chi connectivity index (χ1) is 18.6. The van der Waals surface area contributed by atoms with Gasteiger partial charge < -0.3 is 0 Å². The highest BCUT2D eigenvalue weighted by Gasteiger charge is 2.81. The molecule has 0 bridgehead atoms. The number of hydrogen-bond donors (Lipinski definition) is 0. The van der Waals surface area contributed by atoms with Gasteiger partial charge in [0.05, 0.1) is 31.1 Å². The van der Waals surface area contributed by atoms with Gasteiger partial charge >= 0.3 is 23.9 Å². The summed E-state index contributed by atoms with van der Waals surface area (Å²) < 4.78 is 123. The molecule has 0 aliphatic heterocycles. The first-order valence-electron chi connectivity index (χ1n) is 15.7. The van der Waals surface area contributed by atoms with Gasteiger partial charge in [-0.2, -0.15) is 39.5 Å². The predicted molar refractivity (Wildman–Crippen MR) is 152 cm³/mol. The number of hydrogen-bond acceptors (Lipinski definition) is 0. The Morgan fingerprint density at radius 2 is 0.675 bits per heavy atom. The predicted octanol–water partition coefficient (Wildman–Crippen LogP) is 12.9.